The van der Waals surface area contributed by atoms with Crippen LogP contribution in [0.3, 0.4) is 0 Å². The monoisotopic (exact) mass is 464 g/mol. The van der Waals surface area contributed by atoms with Crippen molar-refractivity contribution in [3.05, 3.63) is 57.6 Å². The van der Waals surface area contributed by atoms with Crippen molar-refractivity contribution in [2.75, 3.05) is 6.79 Å². The van der Waals surface area contributed by atoms with Gasteiger partial charge in [0.05, 0.1) is 0 Å². The van der Waals surface area contributed by atoms with E-state index in [1.54, 1.807) is 25.1 Å². The number of aryl methyl sites for hydroxylation is 1. The molecule has 6 nitrogen and oxygen atoms in total. The summed E-state index contributed by atoms with van der Waals surface area (Å²) in [6.45, 7) is 5.81. The molecule has 2 amide bonds. The molecule has 8 heteroatoms. The molecule has 0 bridgehead atoms. The van der Waals surface area contributed by atoms with Gasteiger partial charge in [-0.05, 0) is 57.0 Å². The van der Waals surface area contributed by atoms with Gasteiger partial charge in [-0.1, -0.05) is 35.3 Å². The van der Waals surface area contributed by atoms with Gasteiger partial charge in [0, 0.05) is 34.6 Å². The van der Waals surface area contributed by atoms with Gasteiger partial charge in [0.2, 0.25) is 18.6 Å². The number of carbonyl (C=O) groups excluding carboxylic acids is 2. The van der Waals surface area contributed by atoms with E-state index < -0.39 is 6.04 Å². The van der Waals surface area contributed by atoms with Crippen LogP contribution in [0.5, 0.6) is 11.5 Å². The minimum atomic E-state index is -0.681. The van der Waals surface area contributed by atoms with E-state index >= 15 is 0 Å². The third-order valence-corrected chi connectivity index (χ3v) is 5.76. The van der Waals surface area contributed by atoms with E-state index in [0.29, 0.717) is 33.5 Å². The topological polar surface area (TPSA) is 67.9 Å². The van der Waals surface area contributed by atoms with Gasteiger partial charge in [0.25, 0.3) is 0 Å². The van der Waals surface area contributed by atoms with Gasteiger partial charge in [-0.25, -0.2) is 0 Å². The lowest BCUT2D eigenvalue weighted by Gasteiger charge is -2.30. The van der Waals surface area contributed by atoms with Gasteiger partial charge in [0.1, 0.15) is 6.04 Å². The van der Waals surface area contributed by atoms with Crippen LogP contribution in [0, 0.1) is 0 Å². The second-order valence-corrected chi connectivity index (χ2v) is 8.56. The van der Waals surface area contributed by atoms with E-state index in [4.69, 9.17) is 32.7 Å². The molecule has 0 spiro atoms. The number of hydrogen-bond acceptors (Lipinski definition) is 4. The SMILES string of the molecule is CC(C)NC(=O)[C@H](C)N(Cc1c(Cl)cccc1Cl)C(=O)CCc1ccc2c(c1)OCO2. The molecule has 0 saturated heterocycles. The van der Waals surface area contributed by atoms with Gasteiger partial charge in [-0.3, -0.25) is 9.59 Å². The summed E-state index contributed by atoms with van der Waals surface area (Å²) in [5.74, 6) is 0.980. The van der Waals surface area contributed by atoms with Crippen molar-refractivity contribution in [2.24, 2.45) is 0 Å². The Morgan fingerprint density at radius 2 is 1.74 bits per heavy atom. The van der Waals surface area contributed by atoms with Crippen LogP contribution in [0.2, 0.25) is 10.0 Å². The molecule has 2 aromatic carbocycles. The van der Waals surface area contributed by atoms with Gasteiger partial charge in [-0.15, -0.1) is 0 Å². The van der Waals surface area contributed by atoms with Crippen molar-refractivity contribution >= 4 is 35.0 Å². The number of hydrogen-bond donors (Lipinski definition) is 1. The minimum absolute atomic E-state index is 0.0376. The van der Waals surface area contributed by atoms with Crippen molar-refractivity contribution < 1.29 is 19.1 Å². The normalized spacial score (nSPS) is 13.2. The maximum atomic E-state index is 13.2. The number of ether oxygens (including phenoxy) is 2. The zero-order chi connectivity index (χ0) is 22.5. The van der Waals surface area contributed by atoms with E-state index in [9.17, 15) is 9.59 Å². The average molecular weight is 465 g/mol. The second-order valence-electron chi connectivity index (χ2n) is 7.75. The molecule has 2 aromatic rings. The first-order valence-electron chi connectivity index (χ1n) is 10.2. The molecule has 1 aliphatic heterocycles. The van der Waals surface area contributed by atoms with Crippen molar-refractivity contribution in [1.82, 2.24) is 10.2 Å². The van der Waals surface area contributed by atoms with Crippen LogP contribution in [-0.2, 0) is 22.6 Å². The number of amides is 2. The summed E-state index contributed by atoms with van der Waals surface area (Å²) in [6, 6.07) is 10.1. The lowest BCUT2D eigenvalue weighted by atomic mass is 10.1. The van der Waals surface area contributed by atoms with Crippen LogP contribution in [0.1, 0.15) is 38.3 Å². The van der Waals surface area contributed by atoms with Gasteiger partial charge < -0.3 is 19.7 Å². The lowest BCUT2D eigenvalue weighted by molar-refractivity contribution is -0.140. The number of nitrogens with one attached hydrogen (secondary N) is 1. The maximum absolute atomic E-state index is 13.2. The maximum Gasteiger partial charge on any atom is 0.242 e. The molecule has 1 N–H and O–H groups in total. The van der Waals surface area contributed by atoms with Crippen molar-refractivity contribution in [1.29, 1.82) is 0 Å². The second kappa shape index (κ2) is 10.2. The number of nitrogens with zero attached hydrogens (tertiary/aromatic N) is 1. The first kappa shape index (κ1) is 23.2. The Hall–Kier alpha value is -2.44. The number of fused-ring (bicyclic) bond motifs is 1. The zero-order valence-electron chi connectivity index (χ0n) is 17.8. The highest BCUT2D eigenvalue weighted by Gasteiger charge is 2.27. The highest BCUT2D eigenvalue weighted by atomic mass is 35.5. The summed E-state index contributed by atoms with van der Waals surface area (Å²) in [7, 11) is 0. The number of benzene rings is 2. The minimum Gasteiger partial charge on any atom is -0.454 e. The van der Waals surface area contributed by atoms with Crippen LogP contribution < -0.4 is 14.8 Å². The molecule has 0 fully saturated rings. The fourth-order valence-corrected chi connectivity index (χ4v) is 3.85. The summed E-state index contributed by atoms with van der Waals surface area (Å²) in [5.41, 5.74) is 1.57. The fourth-order valence-electron chi connectivity index (χ4n) is 3.33. The number of carbonyl (C=O) groups is 2. The largest absolute Gasteiger partial charge is 0.454 e. The Labute approximate surface area is 192 Å². The van der Waals surface area contributed by atoms with Crippen molar-refractivity contribution in [3.8, 4) is 11.5 Å². The smallest absolute Gasteiger partial charge is 0.242 e. The van der Waals surface area contributed by atoms with E-state index in [1.807, 2.05) is 32.0 Å². The first-order valence-corrected chi connectivity index (χ1v) is 10.9. The third-order valence-electron chi connectivity index (χ3n) is 5.05. The Bertz CT molecular complexity index is 944. The molecular formula is C23H26Cl2N2O4. The molecule has 166 valence electrons. The number of halogens is 2. The summed E-state index contributed by atoms with van der Waals surface area (Å²) in [4.78, 5) is 27.4. The van der Waals surface area contributed by atoms with Gasteiger partial charge in [-0.2, -0.15) is 0 Å². The first-order chi connectivity index (χ1) is 14.8. The van der Waals surface area contributed by atoms with Crippen LogP contribution in [0.4, 0.5) is 0 Å². The molecule has 1 heterocycles. The molecule has 0 aliphatic carbocycles. The average Bonchev–Trinajstić information content (AvgIpc) is 3.19. The highest BCUT2D eigenvalue weighted by molar-refractivity contribution is 6.36. The van der Waals surface area contributed by atoms with Crippen LogP contribution in [0.15, 0.2) is 36.4 Å². The predicted octanol–water partition coefficient (Wildman–Crippen LogP) is 4.60. The van der Waals surface area contributed by atoms with Crippen LogP contribution >= 0.6 is 23.2 Å². The lowest BCUT2D eigenvalue weighted by Crippen LogP contribution is -2.49. The Kier molecular flexibility index (Phi) is 7.68. The van der Waals surface area contributed by atoms with Gasteiger partial charge in [0.15, 0.2) is 11.5 Å². The standard InChI is InChI=1S/C23H26Cl2N2O4/c1-14(2)26-23(29)15(3)27(12-17-18(24)5-4-6-19(17)25)22(28)10-8-16-7-9-20-21(11-16)31-13-30-20/h4-7,9,11,14-15H,8,10,12-13H2,1-3H3,(H,26,29)/t15-/m0/s1. The van der Waals surface area contributed by atoms with Crippen molar-refractivity contribution in [3.63, 3.8) is 0 Å². The molecular weight excluding hydrogens is 439 g/mol. The Morgan fingerprint density at radius 1 is 1.06 bits per heavy atom. The fraction of sp³-hybridized carbons (Fsp3) is 0.391. The molecule has 3 rings (SSSR count). The number of rotatable bonds is 8. The molecule has 1 atom stereocenters. The summed E-state index contributed by atoms with van der Waals surface area (Å²) in [6.07, 6.45) is 0.724. The Morgan fingerprint density at radius 3 is 2.42 bits per heavy atom. The molecule has 0 saturated carbocycles. The summed E-state index contributed by atoms with van der Waals surface area (Å²) < 4.78 is 10.7. The van der Waals surface area contributed by atoms with Crippen molar-refractivity contribution in [2.45, 2.75) is 52.2 Å². The van der Waals surface area contributed by atoms with Crippen LogP contribution in [0.25, 0.3) is 0 Å². The predicted molar refractivity (Wildman–Crippen MR) is 121 cm³/mol. The Balaban J connectivity index is 1.77. The molecule has 0 radical (unpaired) electrons. The quantitative estimate of drug-likeness (QED) is 0.619. The van der Waals surface area contributed by atoms with E-state index in [-0.39, 0.29) is 37.6 Å². The molecule has 31 heavy (non-hydrogen) atoms. The van der Waals surface area contributed by atoms with E-state index in [1.165, 1.54) is 4.90 Å². The molecule has 0 aromatic heterocycles. The van der Waals surface area contributed by atoms with Crippen LogP contribution in [-0.4, -0.2) is 35.6 Å². The van der Waals surface area contributed by atoms with E-state index in [0.717, 1.165) is 5.56 Å². The molecule has 1 aliphatic rings. The highest BCUT2D eigenvalue weighted by Crippen LogP contribution is 2.33. The van der Waals surface area contributed by atoms with E-state index in [2.05, 4.69) is 5.32 Å². The summed E-state index contributed by atoms with van der Waals surface area (Å²) >= 11 is 12.7. The van der Waals surface area contributed by atoms with Gasteiger partial charge >= 0.3 is 0 Å². The third kappa shape index (κ3) is 5.83. The molecule has 0 unspecified atom stereocenters. The zero-order valence-corrected chi connectivity index (χ0v) is 19.3. The summed E-state index contributed by atoms with van der Waals surface area (Å²) in [5, 5.41) is 3.78.